The number of benzene rings is 1. The van der Waals surface area contributed by atoms with Gasteiger partial charge in [0.2, 0.25) is 0 Å². The second-order valence-electron chi connectivity index (χ2n) is 6.38. The molecule has 21 heavy (non-hydrogen) atoms. The Kier molecular flexibility index (Phi) is 7.40. The summed E-state index contributed by atoms with van der Waals surface area (Å²) in [5.74, 6) is 0.836. The Hall–Kier alpha value is -1.39. The van der Waals surface area contributed by atoms with Crippen molar-refractivity contribution < 1.29 is 0 Å². The Bertz CT molecular complexity index is 414. The lowest BCUT2D eigenvalue weighted by Gasteiger charge is -2.29. The summed E-state index contributed by atoms with van der Waals surface area (Å²) < 4.78 is 0. The first-order valence-corrected chi connectivity index (χ1v) is 7.66. The molecule has 0 saturated carbocycles. The van der Waals surface area contributed by atoms with Crippen LogP contribution in [0.1, 0.15) is 25.3 Å². The molecule has 0 spiro atoms. The third kappa shape index (κ3) is 6.74. The van der Waals surface area contributed by atoms with E-state index in [1.807, 2.05) is 18.2 Å². The van der Waals surface area contributed by atoms with E-state index < -0.39 is 0 Å². The summed E-state index contributed by atoms with van der Waals surface area (Å²) in [6.07, 6.45) is 0. The molecule has 1 unspecified atom stereocenters. The van der Waals surface area contributed by atoms with Crippen LogP contribution in [0.2, 0.25) is 0 Å². The van der Waals surface area contributed by atoms with Gasteiger partial charge in [0.05, 0.1) is 11.8 Å². The fourth-order valence-electron chi connectivity index (χ4n) is 2.44. The van der Waals surface area contributed by atoms with E-state index in [2.05, 4.69) is 49.9 Å². The van der Waals surface area contributed by atoms with Crippen LogP contribution in [0.25, 0.3) is 0 Å². The molecular formula is C17H30N4. The predicted molar refractivity (Wildman–Crippen MR) is 90.9 cm³/mol. The third-order valence-corrected chi connectivity index (χ3v) is 3.50. The molecule has 0 aromatic heterocycles. The first kappa shape index (κ1) is 17.7. The van der Waals surface area contributed by atoms with Gasteiger partial charge in [-0.2, -0.15) is 0 Å². The lowest BCUT2D eigenvalue weighted by Crippen LogP contribution is -2.40. The number of likely N-dealkylation sites (N-methyl/N-ethyl adjacent to an activating group) is 1. The van der Waals surface area contributed by atoms with Crippen molar-refractivity contribution in [3.05, 3.63) is 35.9 Å². The fraction of sp³-hybridized carbons (Fsp3) is 0.588. The van der Waals surface area contributed by atoms with Gasteiger partial charge in [0.15, 0.2) is 0 Å². The van der Waals surface area contributed by atoms with Gasteiger partial charge in [-0.1, -0.05) is 44.2 Å². The van der Waals surface area contributed by atoms with Crippen molar-refractivity contribution in [2.24, 2.45) is 11.7 Å². The number of hydrogen-bond donors (Lipinski definition) is 2. The van der Waals surface area contributed by atoms with E-state index in [0.717, 1.165) is 31.7 Å². The van der Waals surface area contributed by atoms with E-state index in [1.54, 1.807) is 0 Å². The normalized spacial score (nSPS) is 13.1. The zero-order valence-corrected chi connectivity index (χ0v) is 13.8. The summed E-state index contributed by atoms with van der Waals surface area (Å²) in [6.45, 7) is 8.33. The summed E-state index contributed by atoms with van der Waals surface area (Å²) in [5.41, 5.74) is 6.98. The number of amidine groups is 1. The number of hydrogen-bond acceptors (Lipinski definition) is 3. The minimum absolute atomic E-state index is 0.0212. The third-order valence-electron chi connectivity index (χ3n) is 3.50. The van der Waals surface area contributed by atoms with E-state index in [-0.39, 0.29) is 11.8 Å². The van der Waals surface area contributed by atoms with Gasteiger partial charge < -0.3 is 15.5 Å². The summed E-state index contributed by atoms with van der Waals surface area (Å²) in [7, 11) is 4.18. The van der Waals surface area contributed by atoms with Crippen LogP contribution in [-0.4, -0.2) is 55.9 Å². The van der Waals surface area contributed by atoms with Crippen LogP contribution in [-0.2, 0) is 0 Å². The maximum atomic E-state index is 7.92. The molecule has 118 valence electrons. The van der Waals surface area contributed by atoms with Crippen molar-refractivity contribution in [1.82, 2.24) is 9.80 Å². The molecular weight excluding hydrogens is 260 g/mol. The molecule has 0 bridgehead atoms. The molecule has 0 saturated heterocycles. The molecule has 0 aliphatic carbocycles. The van der Waals surface area contributed by atoms with Crippen molar-refractivity contribution in [2.45, 2.75) is 19.8 Å². The van der Waals surface area contributed by atoms with Gasteiger partial charge in [0, 0.05) is 26.2 Å². The minimum Gasteiger partial charge on any atom is -0.387 e. The van der Waals surface area contributed by atoms with E-state index in [4.69, 9.17) is 11.1 Å². The number of nitrogens with one attached hydrogen (secondary N) is 1. The van der Waals surface area contributed by atoms with Gasteiger partial charge in [-0.3, -0.25) is 5.41 Å². The molecule has 4 heteroatoms. The first-order chi connectivity index (χ1) is 9.90. The largest absolute Gasteiger partial charge is 0.387 e. The van der Waals surface area contributed by atoms with Crippen molar-refractivity contribution in [3.8, 4) is 0 Å². The standard InChI is InChI=1S/C17H30N4/c1-14(2)12-21(11-10-20(3)4)13-16(17(18)19)15-8-6-5-7-9-15/h5-9,14,16H,10-13H2,1-4H3,(H3,18,19). The van der Waals surface area contributed by atoms with Crippen molar-refractivity contribution in [2.75, 3.05) is 40.3 Å². The summed E-state index contributed by atoms with van der Waals surface area (Å²) >= 11 is 0. The molecule has 4 nitrogen and oxygen atoms in total. The highest BCUT2D eigenvalue weighted by atomic mass is 15.2. The maximum Gasteiger partial charge on any atom is 0.0995 e. The lowest BCUT2D eigenvalue weighted by molar-refractivity contribution is 0.217. The van der Waals surface area contributed by atoms with Gasteiger partial charge in [0.1, 0.15) is 0 Å². The Morgan fingerprint density at radius 3 is 2.19 bits per heavy atom. The molecule has 1 aromatic carbocycles. The van der Waals surface area contributed by atoms with Crippen LogP contribution in [0.5, 0.6) is 0 Å². The molecule has 0 heterocycles. The Morgan fingerprint density at radius 1 is 1.10 bits per heavy atom. The highest BCUT2D eigenvalue weighted by Gasteiger charge is 2.19. The average Bonchev–Trinajstić information content (AvgIpc) is 2.41. The molecule has 0 aliphatic rings. The van der Waals surface area contributed by atoms with Crippen LogP contribution in [0.4, 0.5) is 0 Å². The summed E-state index contributed by atoms with van der Waals surface area (Å²) in [4.78, 5) is 4.61. The van der Waals surface area contributed by atoms with Gasteiger partial charge in [-0.25, -0.2) is 0 Å². The zero-order valence-electron chi connectivity index (χ0n) is 13.8. The molecule has 1 aromatic rings. The summed E-state index contributed by atoms with van der Waals surface area (Å²) in [6, 6.07) is 10.1. The fourth-order valence-corrected chi connectivity index (χ4v) is 2.44. The van der Waals surface area contributed by atoms with Crippen LogP contribution in [0, 0.1) is 11.3 Å². The van der Waals surface area contributed by atoms with E-state index in [1.165, 1.54) is 0 Å². The van der Waals surface area contributed by atoms with Crippen molar-refractivity contribution >= 4 is 5.84 Å². The zero-order chi connectivity index (χ0) is 15.8. The van der Waals surface area contributed by atoms with Crippen LogP contribution < -0.4 is 5.73 Å². The number of nitrogens with zero attached hydrogens (tertiary/aromatic N) is 2. The van der Waals surface area contributed by atoms with E-state index in [0.29, 0.717) is 5.92 Å². The monoisotopic (exact) mass is 290 g/mol. The van der Waals surface area contributed by atoms with Crippen LogP contribution in [0.15, 0.2) is 30.3 Å². The topological polar surface area (TPSA) is 56.4 Å². The van der Waals surface area contributed by atoms with Crippen LogP contribution in [0.3, 0.4) is 0 Å². The smallest absolute Gasteiger partial charge is 0.0995 e. The molecule has 1 atom stereocenters. The molecule has 0 radical (unpaired) electrons. The molecule has 3 N–H and O–H groups in total. The minimum atomic E-state index is -0.0212. The van der Waals surface area contributed by atoms with Gasteiger partial charge in [-0.05, 0) is 25.6 Å². The van der Waals surface area contributed by atoms with Crippen LogP contribution >= 0.6 is 0 Å². The lowest BCUT2D eigenvalue weighted by atomic mass is 9.97. The number of rotatable bonds is 9. The second kappa shape index (κ2) is 8.80. The average molecular weight is 290 g/mol. The Morgan fingerprint density at radius 2 is 1.71 bits per heavy atom. The highest BCUT2D eigenvalue weighted by Crippen LogP contribution is 2.17. The molecule has 0 fully saturated rings. The quantitative estimate of drug-likeness (QED) is 0.541. The summed E-state index contributed by atoms with van der Waals surface area (Å²) in [5, 5.41) is 7.92. The highest BCUT2D eigenvalue weighted by molar-refractivity contribution is 5.84. The molecule has 0 amide bonds. The van der Waals surface area contributed by atoms with Crippen molar-refractivity contribution in [1.29, 1.82) is 5.41 Å². The maximum absolute atomic E-state index is 7.92. The van der Waals surface area contributed by atoms with E-state index >= 15 is 0 Å². The first-order valence-electron chi connectivity index (χ1n) is 7.66. The molecule has 1 rings (SSSR count). The SMILES string of the molecule is CC(C)CN(CCN(C)C)CC(C(=N)N)c1ccccc1. The van der Waals surface area contributed by atoms with Gasteiger partial charge in [-0.15, -0.1) is 0 Å². The van der Waals surface area contributed by atoms with Gasteiger partial charge >= 0.3 is 0 Å². The Labute approximate surface area is 129 Å². The Balaban J connectivity index is 2.78. The van der Waals surface area contributed by atoms with Crippen molar-refractivity contribution in [3.63, 3.8) is 0 Å². The van der Waals surface area contributed by atoms with Gasteiger partial charge in [0.25, 0.3) is 0 Å². The predicted octanol–water partition coefficient (Wildman–Crippen LogP) is 2.23. The number of nitrogens with two attached hydrogens (primary N) is 1. The van der Waals surface area contributed by atoms with E-state index in [9.17, 15) is 0 Å². The second-order valence-corrected chi connectivity index (χ2v) is 6.38. The molecule has 0 aliphatic heterocycles.